The molecule has 9 nitrogen and oxygen atoms in total. The summed E-state index contributed by atoms with van der Waals surface area (Å²) in [5, 5.41) is 10.4. The molecule has 3 N–H and O–H groups in total. The maximum atomic E-state index is 6.01. The first-order chi connectivity index (χ1) is 18.7. The Bertz CT molecular complexity index is 1070. The highest BCUT2D eigenvalue weighted by molar-refractivity contribution is 5.47. The van der Waals surface area contributed by atoms with Crippen molar-refractivity contribution >= 4 is 18.1 Å². The van der Waals surface area contributed by atoms with E-state index < -0.39 is 0 Å². The first-order valence-corrected chi connectivity index (χ1v) is 13.0. The van der Waals surface area contributed by atoms with Gasteiger partial charge in [0.05, 0.1) is 0 Å². The second kappa shape index (κ2) is 14.8. The second-order valence-electron chi connectivity index (χ2n) is 8.91. The van der Waals surface area contributed by atoms with Gasteiger partial charge in [-0.2, -0.15) is 9.97 Å². The van der Waals surface area contributed by atoms with Gasteiger partial charge in [0, 0.05) is 52.4 Å². The second-order valence-corrected chi connectivity index (χ2v) is 8.91. The van der Waals surface area contributed by atoms with Gasteiger partial charge in [-0.3, -0.25) is 0 Å². The molecular weight excluding hydrogens is 478 g/mol. The third-order valence-electron chi connectivity index (χ3n) is 6.11. The summed E-state index contributed by atoms with van der Waals surface area (Å²) in [6.45, 7) is 15.1. The van der Waals surface area contributed by atoms with E-state index in [1.54, 1.807) is 0 Å². The van der Waals surface area contributed by atoms with Crippen molar-refractivity contribution in [3.05, 3.63) is 83.9 Å². The Morgan fingerprint density at radius 2 is 1.05 bits per heavy atom. The first kappa shape index (κ1) is 27.3. The highest BCUT2D eigenvalue weighted by Crippen LogP contribution is 2.19. The zero-order chi connectivity index (χ0) is 26.4. The lowest BCUT2D eigenvalue weighted by atomic mass is 10.1. The normalized spacial score (nSPS) is 15.1. The Morgan fingerprint density at radius 3 is 1.47 bits per heavy atom. The van der Waals surface area contributed by atoms with Crippen molar-refractivity contribution < 1.29 is 9.47 Å². The minimum atomic E-state index is 0.232. The Hall–Kier alpha value is -3.79. The first-order valence-electron chi connectivity index (χ1n) is 13.0. The fraction of sp³-hybridized carbons (Fsp3) is 0.345. The SMILES string of the molecule is C=Cc1ccc(COc2nc(OCc3ccc(C=C)cc3)nc(N3CCNCCNCCNCC3)n2)cc1. The number of nitrogens with zero attached hydrogens (tertiary/aromatic N) is 4. The fourth-order valence-electron chi connectivity index (χ4n) is 3.86. The molecule has 0 amide bonds. The number of aromatic nitrogens is 3. The molecular formula is C29H37N7O2. The maximum Gasteiger partial charge on any atom is 0.324 e. The molecule has 1 fully saturated rings. The lowest BCUT2D eigenvalue weighted by Crippen LogP contribution is -2.42. The monoisotopic (exact) mass is 515 g/mol. The zero-order valence-electron chi connectivity index (χ0n) is 21.9. The number of ether oxygens (including phenoxy) is 2. The van der Waals surface area contributed by atoms with Gasteiger partial charge in [-0.25, -0.2) is 0 Å². The van der Waals surface area contributed by atoms with E-state index in [-0.39, 0.29) is 12.0 Å². The minimum Gasteiger partial charge on any atom is -0.458 e. The van der Waals surface area contributed by atoms with E-state index in [4.69, 9.17) is 9.47 Å². The van der Waals surface area contributed by atoms with E-state index in [1.807, 2.05) is 60.7 Å². The highest BCUT2D eigenvalue weighted by atomic mass is 16.5. The molecule has 2 aromatic carbocycles. The highest BCUT2D eigenvalue weighted by Gasteiger charge is 2.16. The van der Waals surface area contributed by atoms with Gasteiger partial charge in [0.2, 0.25) is 5.95 Å². The van der Waals surface area contributed by atoms with Gasteiger partial charge in [-0.05, 0) is 22.3 Å². The van der Waals surface area contributed by atoms with Crippen LogP contribution in [0.15, 0.2) is 61.7 Å². The van der Waals surface area contributed by atoms with Crippen molar-refractivity contribution in [1.29, 1.82) is 0 Å². The van der Waals surface area contributed by atoms with E-state index in [9.17, 15) is 0 Å². The molecule has 200 valence electrons. The molecule has 0 bridgehead atoms. The molecule has 1 aliphatic heterocycles. The Kier molecular flexibility index (Phi) is 10.6. The predicted octanol–water partition coefficient (Wildman–Crippen LogP) is 2.90. The van der Waals surface area contributed by atoms with Crippen molar-refractivity contribution in [2.75, 3.05) is 57.3 Å². The van der Waals surface area contributed by atoms with Gasteiger partial charge in [-0.1, -0.05) is 73.8 Å². The number of hydrogen-bond acceptors (Lipinski definition) is 9. The summed E-state index contributed by atoms with van der Waals surface area (Å²) in [6.07, 6.45) is 3.63. The summed E-state index contributed by atoms with van der Waals surface area (Å²) in [6, 6.07) is 16.5. The quantitative estimate of drug-likeness (QED) is 0.398. The molecule has 0 radical (unpaired) electrons. The molecule has 0 spiro atoms. The largest absolute Gasteiger partial charge is 0.458 e. The summed E-state index contributed by atoms with van der Waals surface area (Å²) in [5.74, 6) is 0.535. The lowest BCUT2D eigenvalue weighted by Gasteiger charge is -2.24. The molecule has 0 aliphatic carbocycles. The molecule has 0 atom stereocenters. The van der Waals surface area contributed by atoms with E-state index in [0.717, 1.165) is 74.6 Å². The summed E-state index contributed by atoms with van der Waals surface area (Å²) in [5.41, 5.74) is 4.13. The van der Waals surface area contributed by atoms with Crippen molar-refractivity contribution in [2.24, 2.45) is 0 Å². The van der Waals surface area contributed by atoms with E-state index in [1.165, 1.54) is 0 Å². The third kappa shape index (κ3) is 8.65. The van der Waals surface area contributed by atoms with Crippen LogP contribution in [0.3, 0.4) is 0 Å². The van der Waals surface area contributed by atoms with Crippen LogP contribution in [0.4, 0.5) is 5.95 Å². The van der Waals surface area contributed by atoms with Crippen molar-refractivity contribution in [3.8, 4) is 12.0 Å². The molecule has 3 aromatic rings. The van der Waals surface area contributed by atoms with Crippen LogP contribution in [0.2, 0.25) is 0 Å². The van der Waals surface area contributed by atoms with Crippen LogP contribution in [0.1, 0.15) is 22.3 Å². The summed E-state index contributed by atoms with van der Waals surface area (Å²) >= 11 is 0. The maximum absolute atomic E-state index is 6.01. The molecule has 2 heterocycles. The van der Waals surface area contributed by atoms with Crippen molar-refractivity contribution in [3.63, 3.8) is 0 Å². The molecule has 4 rings (SSSR count). The van der Waals surface area contributed by atoms with Gasteiger partial charge in [-0.15, -0.1) is 4.98 Å². The smallest absolute Gasteiger partial charge is 0.324 e. The Labute approximate surface area is 225 Å². The van der Waals surface area contributed by atoms with Crippen LogP contribution in [0.5, 0.6) is 12.0 Å². The molecule has 0 saturated carbocycles. The van der Waals surface area contributed by atoms with Crippen molar-refractivity contribution in [1.82, 2.24) is 30.9 Å². The lowest BCUT2D eigenvalue weighted by molar-refractivity contribution is 0.249. The molecule has 1 aliphatic rings. The van der Waals surface area contributed by atoms with Crippen LogP contribution < -0.4 is 30.3 Å². The number of anilines is 1. The molecule has 9 heteroatoms. The van der Waals surface area contributed by atoms with Crippen LogP contribution >= 0.6 is 0 Å². The molecule has 0 unspecified atom stereocenters. The number of rotatable bonds is 9. The van der Waals surface area contributed by atoms with Gasteiger partial charge in [0.25, 0.3) is 0 Å². The molecule has 1 saturated heterocycles. The standard InChI is InChI=1S/C29H37N7O2/c1-3-23-5-9-25(10-6-23)21-37-28-33-27(36-19-17-31-15-13-30-14-16-32-18-20-36)34-29(35-28)38-22-26-11-7-24(4-2)8-12-26/h3-12,30-32H,1-2,13-22H2. The van der Waals surface area contributed by atoms with Crippen LogP contribution in [0, 0.1) is 0 Å². The Balaban J connectivity index is 1.51. The van der Waals surface area contributed by atoms with Crippen molar-refractivity contribution in [2.45, 2.75) is 13.2 Å². The van der Waals surface area contributed by atoms with Gasteiger partial charge in [0.1, 0.15) is 13.2 Å². The van der Waals surface area contributed by atoms with Gasteiger partial charge < -0.3 is 30.3 Å². The van der Waals surface area contributed by atoms with Crippen LogP contribution in [0.25, 0.3) is 12.2 Å². The predicted molar refractivity (Wildman–Crippen MR) is 152 cm³/mol. The number of nitrogens with one attached hydrogen (secondary N) is 3. The number of benzene rings is 2. The summed E-state index contributed by atoms with van der Waals surface area (Å²) < 4.78 is 12.0. The zero-order valence-corrected chi connectivity index (χ0v) is 21.9. The molecule has 1 aromatic heterocycles. The van der Waals surface area contributed by atoms with Crippen LogP contribution in [-0.4, -0.2) is 67.3 Å². The van der Waals surface area contributed by atoms with Crippen LogP contribution in [-0.2, 0) is 13.2 Å². The topological polar surface area (TPSA) is 96.5 Å². The van der Waals surface area contributed by atoms with E-state index >= 15 is 0 Å². The van der Waals surface area contributed by atoms with E-state index in [0.29, 0.717) is 19.2 Å². The Morgan fingerprint density at radius 1 is 0.632 bits per heavy atom. The summed E-state index contributed by atoms with van der Waals surface area (Å²) in [7, 11) is 0. The molecule has 38 heavy (non-hydrogen) atoms. The van der Waals surface area contributed by atoms with Gasteiger partial charge in [0.15, 0.2) is 0 Å². The number of hydrogen-bond donors (Lipinski definition) is 3. The summed E-state index contributed by atoms with van der Waals surface area (Å²) in [4.78, 5) is 15.9. The average molecular weight is 516 g/mol. The average Bonchev–Trinajstić information content (AvgIpc) is 2.96. The minimum absolute atomic E-state index is 0.232. The third-order valence-corrected chi connectivity index (χ3v) is 6.11. The fourth-order valence-corrected chi connectivity index (χ4v) is 3.86. The van der Waals surface area contributed by atoms with E-state index in [2.05, 4.69) is 49.0 Å². The van der Waals surface area contributed by atoms with Gasteiger partial charge >= 0.3 is 12.0 Å².